The Labute approximate surface area is 694 Å². The van der Waals surface area contributed by atoms with Crippen LogP contribution in [0.15, 0.2) is 294 Å². The van der Waals surface area contributed by atoms with E-state index in [1.807, 2.05) is 117 Å². The number of methoxy groups -OCH3 is 4. The van der Waals surface area contributed by atoms with Crippen LogP contribution >= 0.6 is 39.7 Å². The number of phenols is 1. The van der Waals surface area contributed by atoms with Crippen LogP contribution in [0.4, 0.5) is 47.3 Å². The lowest BCUT2D eigenvalue weighted by atomic mass is 10.1. The molecule has 5 aromatic heterocycles. The summed E-state index contributed by atoms with van der Waals surface area (Å²) in [4.78, 5) is 80.9. The molecule has 0 aliphatic rings. The first-order valence-corrected chi connectivity index (χ1v) is 37.5. The SMILES string of the molecule is CC(=S)c1cc2cc(Cl)ccc2oc1=Nc1ccc(O)cc1.COc1ccc(N=c2oc3ccc(Br)cc3cc2C(C)=O)cc1.COc1ccc(N=c2oc3ccc(C(F)(F)F)cc3cc2C(C)=O)cc1.COc1ccc(N=c2oc3ccc(C)cc3cc2C(C)=O)cc1.COc1ccc(N=c2oc3ccc([N+](=O)[O-])cc3cc2C(C)=O)cc1. The minimum atomic E-state index is -4.48. The van der Waals surface area contributed by atoms with Crippen molar-refractivity contribution in [3.8, 4) is 28.7 Å². The first-order valence-electron chi connectivity index (χ1n) is 35.9. The number of hydrogen-bond acceptors (Lipinski definition) is 22. The van der Waals surface area contributed by atoms with E-state index >= 15 is 0 Å². The molecule has 0 spiro atoms. The molecule has 5 heterocycles. The number of ether oxygens (including phenoxy) is 4. The molecule has 22 nitrogen and oxygen atoms in total. The number of rotatable bonds is 15. The van der Waals surface area contributed by atoms with Crippen molar-refractivity contribution in [3.05, 3.63) is 329 Å². The summed E-state index contributed by atoms with van der Waals surface area (Å²) in [6, 6.07) is 67.4. The molecule has 0 atom stereocenters. The van der Waals surface area contributed by atoms with Gasteiger partial charge in [0.15, 0.2) is 23.1 Å². The summed E-state index contributed by atoms with van der Waals surface area (Å²) in [7, 11) is 6.32. The van der Waals surface area contributed by atoms with Crippen LogP contribution in [0.2, 0.25) is 5.02 Å². The lowest BCUT2D eigenvalue weighted by Gasteiger charge is -2.08. The number of aryl methyl sites for hydroxylation is 1. The maximum atomic E-state index is 12.9. The molecule has 1 N–H and O–H groups in total. The average molecular weight is 1710 g/mol. The first-order chi connectivity index (χ1) is 56.9. The average Bonchev–Trinajstić information content (AvgIpc) is 0.805. The van der Waals surface area contributed by atoms with Gasteiger partial charge < -0.3 is 46.1 Å². The highest BCUT2D eigenvalue weighted by atomic mass is 79.9. The minimum Gasteiger partial charge on any atom is -0.508 e. The standard InChI is InChI=1S/C19H14F3NO3.C19H17NO3.C18H14BrNO3.C18H14N2O5.C17H12ClNO2S/c1-11(24)16-10-12-9-13(19(20,21)22)3-8-17(12)26-18(16)23-14-4-6-15(25-2)7-5-14;1-12-4-9-18-14(10-12)11-17(13(2)21)19(23-18)20-15-5-7-16(22-3)8-6-15;1-11(21)16-10-12-9-13(19)3-8-17(12)23-18(16)20-14-4-6-15(22-2)7-5-14;1-11(21)16-10-12-9-14(20(22)23)5-8-17(12)25-18(16)19-13-3-6-15(24-2)7-4-13;1-10(22)15-9-11-8-12(18)2-7-16(11)21-17(15)19-13-3-5-14(20)6-4-13/h3-10H,1-2H3;4-11H,1-3H3;3-10H,1-2H3;3-10H,1-2H3;2-9,20H,1H3. The molecule has 0 unspecified atom stereocenters. The highest BCUT2D eigenvalue weighted by Crippen LogP contribution is 2.33. The number of fused-ring (bicyclic) bond motifs is 5. The van der Waals surface area contributed by atoms with Gasteiger partial charge in [-0.3, -0.25) is 29.3 Å². The van der Waals surface area contributed by atoms with Gasteiger partial charge in [0.2, 0.25) is 27.8 Å². The largest absolute Gasteiger partial charge is 0.508 e. The molecule has 119 heavy (non-hydrogen) atoms. The number of nitro groups is 1. The van der Waals surface area contributed by atoms with Gasteiger partial charge in [-0.2, -0.15) is 13.2 Å². The molecule has 0 radical (unpaired) electrons. The van der Waals surface area contributed by atoms with E-state index in [9.17, 15) is 47.6 Å². The number of ketones is 4. The summed E-state index contributed by atoms with van der Waals surface area (Å²) in [5.74, 6) is 2.24. The predicted octanol–water partition coefficient (Wildman–Crippen LogP) is 22.3. The number of phenolic OH excluding ortho intramolecular Hbond substituents is 1. The molecular formula is C91H71BrClF3N6O16S. The highest BCUT2D eigenvalue weighted by molar-refractivity contribution is 9.10. The van der Waals surface area contributed by atoms with Crippen LogP contribution in [0.5, 0.6) is 28.7 Å². The third-order valence-corrected chi connectivity index (χ3v) is 18.5. The molecule has 0 saturated carbocycles. The number of hydrogen-bond donors (Lipinski definition) is 1. The topological polar surface area (TPSA) is 296 Å². The molecule has 28 heteroatoms. The fourth-order valence-electron chi connectivity index (χ4n) is 11.4. The van der Waals surface area contributed by atoms with Crippen LogP contribution in [0.25, 0.3) is 54.8 Å². The summed E-state index contributed by atoms with van der Waals surface area (Å²) in [6.45, 7) is 9.54. The van der Waals surface area contributed by atoms with Gasteiger partial charge in [-0.25, -0.2) is 25.0 Å². The Kier molecular flexibility index (Phi) is 27.9. The Morgan fingerprint density at radius 1 is 0.403 bits per heavy atom. The van der Waals surface area contributed by atoms with E-state index in [0.717, 1.165) is 55.4 Å². The smallest absolute Gasteiger partial charge is 0.416 e. The van der Waals surface area contributed by atoms with Crippen molar-refractivity contribution in [2.75, 3.05) is 28.4 Å². The van der Waals surface area contributed by atoms with E-state index in [1.165, 1.54) is 65.1 Å². The van der Waals surface area contributed by atoms with Gasteiger partial charge in [-0.05, 0) is 266 Å². The fourth-order valence-corrected chi connectivity index (χ4v) is 12.1. The monoisotopic (exact) mass is 1710 g/mol. The summed E-state index contributed by atoms with van der Waals surface area (Å²) in [5, 5.41) is 24.1. The maximum absolute atomic E-state index is 12.9. The lowest BCUT2D eigenvalue weighted by molar-refractivity contribution is -0.384. The van der Waals surface area contributed by atoms with E-state index in [2.05, 4.69) is 40.9 Å². The summed E-state index contributed by atoms with van der Waals surface area (Å²) in [5.41, 5.74) is 9.34. The van der Waals surface area contributed by atoms with E-state index in [-0.39, 0.29) is 67.8 Å². The Morgan fingerprint density at radius 2 is 0.697 bits per heavy atom. The van der Waals surface area contributed by atoms with E-state index < -0.39 is 16.7 Å². The summed E-state index contributed by atoms with van der Waals surface area (Å²) >= 11 is 14.7. The Balaban J connectivity index is 0.000000146. The van der Waals surface area contributed by atoms with Crippen LogP contribution < -0.4 is 46.7 Å². The fraction of sp³-hybridized carbons (Fsp3) is 0.121. The zero-order valence-corrected chi connectivity index (χ0v) is 68.3. The van der Waals surface area contributed by atoms with Gasteiger partial charge in [0.1, 0.15) is 56.7 Å². The second-order valence-corrected chi connectivity index (χ2v) is 28.1. The molecule has 15 rings (SSSR count). The number of Topliss-reactive ketones (excluding diaryl/α,β-unsaturated/α-hetero) is 4. The van der Waals surface area contributed by atoms with Crippen molar-refractivity contribution in [2.45, 2.75) is 47.7 Å². The number of carbonyl (C=O) groups excluding carboxylic acids is 4. The number of carbonyl (C=O) groups is 4. The van der Waals surface area contributed by atoms with Crippen molar-refractivity contribution in [3.63, 3.8) is 0 Å². The van der Waals surface area contributed by atoms with Crippen molar-refractivity contribution in [2.24, 2.45) is 25.0 Å². The zero-order chi connectivity index (χ0) is 85.4. The van der Waals surface area contributed by atoms with Crippen molar-refractivity contribution in [1.82, 2.24) is 0 Å². The minimum absolute atomic E-state index is 0.0370. The van der Waals surface area contributed by atoms with E-state index in [0.29, 0.717) is 105 Å². The van der Waals surface area contributed by atoms with Gasteiger partial charge >= 0.3 is 6.18 Å². The molecule has 602 valence electrons. The van der Waals surface area contributed by atoms with Gasteiger partial charge in [0, 0.05) is 53.4 Å². The number of alkyl halides is 3. The van der Waals surface area contributed by atoms with Gasteiger partial charge in [0.05, 0.1) is 95.2 Å². The van der Waals surface area contributed by atoms with Crippen LogP contribution in [-0.2, 0) is 6.18 Å². The van der Waals surface area contributed by atoms with Gasteiger partial charge in [0.25, 0.3) is 5.69 Å². The molecule has 0 fully saturated rings. The summed E-state index contributed by atoms with van der Waals surface area (Å²) < 4.78 is 88.8. The van der Waals surface area contributed by atoms with Crippen molar-refractivity contribution >= 4 is 157 Å². The Morgan fingerprint density at radius 3 is 1.04 bits per heavy atom. The number of halogens is 5. The predicted molar refractivity (Wildman–Crippen MR) is 454 cm³/mol. The maximum Gasteiger partial charge on any atom is 0.416 e. The van der Waals surface area contributed by atoms with Gasteiger partial charge in [-0.15, -0.1) is 0 Å². The molecule has 0 bridgehead atoms. The van der Waals surface area contributed by atoms with Crippen LogP contribution in [0, 0.1) is 17.0 Å². The number of non-ortho nitro benzene ring substituents is 1. The number of nitro benzene ring substituents is 1. The number of nitrogens with zero attached hydrogens (tertiary/aromatic N) is 6. The Bertz CT molecular complexity index is 6630. The third kappa shape index (κ3) is 22.6. The van der Waals surface area contributed by atoms with Crippen LogP contribution in [0.1, 0.15) is 92.7 Å². The van der Waals surface area contributed by atoms with Crippen LogP contribution in [0.3, 0.4) is 0 Å². The van der Waals surface area contributed by atoms with Crippen LogP contribution in [-0.4, -0.2) is 66.5 Å². The second kappa shape index (κ2) is 38.6. The van der Waals surface area contributed by atoms with E-state index in [1.54, 1.807) is 118 Å². The number of benzene rings is 10. The summed E-state index contributed by atoms with van der Waals surface area (Å²) in [6.07, 6.45) is -4.48. The first kappa shape index (κ1) is 85.9. The van der Waals surface area contributed by atoms with Gasteiger partial charge in [-0.1, -0.05) is 51.4 Å². The Hall–Kier alpha value is -14.0. The molecule has 0 aliphatic carbocycles. The normalized spacial score (nSPS) is 11.8. The van der Waals surface area contributed by atoms with Crippen molar-refractivity contribution in [1.29, 1.82) is 0 Å². The van der Waals surface area contributed by atoms with Crippen molar-refractivity contribution < 1.29 is 83.4 Å². The third-order valence-electron chi connectivity index (χ3n) is 17.5. The highest BCUT2D eigenvalue weighted by Gasteiger charge is 2.31. The molecular weight excluding hydrogens is 1640 g/mol. The molecule has 0 aliphatic heterocycles. The quantitative estimate of drug-likeness (QED) is 0.0431. The molecule has 10 aromatic carbocycles. The number of thiocarbonyl (C=S) groups is 1. The second-order valence-electron chi connectivity index (χ2n) is 26.1. The number of aromatic hydroxyl groups is 1. The molecule has 0 amide bonds. The van der Waals surface area contributed by atoms with E-state index in [4.69, 9.17) is 64.9 Å². The zero-order valence-electron chi connectivity index (χ0n) is 65.1. The molecule has 0 saturated heterocycles. The lowest BCUT2D eigenvalue weighted by Crippen LogP contribution is -2.13. The molecule has 15 aromatic rings.